The number of anilines is 1. The van der Waals surface area contributed by atoms with Crippen molar-refractivity contribution in [1.29, 1.82) is 0 Å². The highest BCUT2D eigenvalue weighted by Crippen LogP contribution is 2.43. The Morgan fingerprint density at radius 3 is 2.65 bits per heavy atom. The summed E-state index contributed by atoms with van der Waals surface area (Å²) in [6, 6.07) is 7.91. The van der Waals surface area contributed by atoms with Gasteiger partial charge >= 0.3 is 5.97 Å². The van der Waals surface area contributed by atoms with Gasteiger partial charge < -0.3 is 18.9 Å². The van der Waals surface area contributed by atoms with E-state index >= 15 is 0 Å². The summed E-state index contributed by atoms with van der Waals surface area (Å²) in [7, 11) is -3.88. The van der Waals surface area contributed by atoms with Gasteiger partial charge in [0, 0.05) is 6.92 Å². The minimum atomic E-state index is -3.88. The van der Waals surface area contributed by atoms with E-state index in [4.69, 9.17) is 18.9 Å². The number of hydrogen-bond acceptors (Lipinski definition) is 10. The second-order valence-corrected chi connectivity index (χ2v) is 10.1. The lowest BCUT2D eigenvalue weighted by molar-refractivity contribution is -0.201. The summed E-state index contributed by atoms with van der Waals surface area (Å²) in [6.45, 7) is 4.89. The molecule has 0 aliphatic carbocycles. The third kappa shape index (κ3) is 4.22. The Morgan fingerprint density at radius 1 is 1.18 bits per heavy atom. The van der Waals surface area contributed by atoms with Gasteiger partial charge in [-0.05, 0) is 26.0 Å². The van der Waals surface area contributed by atoms with E-state index in [1.165, 1.54) is 31.6 Å². The van der Waals surface area contributed by atoms with E-state index in [0.29, 0.717) is 11.2 Å². The molecular formula is C21H23N5O7S. The average Bonchev–Trinajstić information content (AvgIpc) is 3.43. The van der Waals surface area contributed by atoms with Crippen molar-refractivity contribution >= 4 is 33.1 Å². The number of imidazole rings is 1. The van der Waals surface area contributed by atoms with Gasteiger partial charge in [0.15, 0.2) is 17.7 Å². The molecule has 0 saturated carbocycles. The first-order chi connectivity index (χ1) is 16.1. The SMILES string of the molecule is CC(=O)OCC1OC(n2cnc3cnc(NS(=O)(=O)c4ccccc4)nc32)C2OC(C)(C)OC12. The molecule has 180 valence electrons. The van der Waals surface area contributed by atoms with Crippen molar-refractivity contribution in [3.05, 3.63) is 42.9 Å². The molecule has 1 N–H and O–H groups in total. The fraction of sp³-hybridized carbons (Fsp3) is 0.429. The number of hydrogen-bond donors (Lipinski definition) is 1. The largest absolute Gasteiger partial charge is 0.463 e. The summed E-state index contributed by atoms with van der Waals surface area (Å²) in [6.07, 6.45) is 0.628. The first-order valence-corrected chi connectivity index (χ1v) is 12.0. The van der Waals surface area contributed by atoms with Crippen molar-refractivity contribution in [2.75, 3.05) is 11.3 Å². The summed E-state index contributed by atoms with van der Waals surface area (Å²) in [5.74, 6) is -1.42. The van der Waals surface area contributed by atoms with Gasteiger partial charge in [0.1, 0.15) is 30.4 Å². The van der Waals surface area contributed by atoms with Crippen LogP contribution in [0.5, 0.6) is 0 Å². The minimum Gasteiger partial charge on any atom is -0.463 e. The van der Waals surface area contributed by atoms with Crippen LogP contribution < -0.4 is 4.72 Å². The number of carbonyl (C=O) groups is 1. The molecule has 2 aromatic heterocycles. The third-order valence-corrected chi connectivity index (χ3v) is 6.79. The predicted molar refractivity (Wildman–Crippen MR) is 117 cm³/mol. The van der Waals surface area contributed by atoms with E-state index in [0.717, 1.165) is 0 Å². The van der Waals surface area contributed by atoms with E-state index < -0.39 is 46.3 Å². The van der Waals surface area contributed by atoms with E-state index in [-0.39, 0.29) is 17.5 Å². The maximum absolute atomic E-state index is 12.7. The van der Waals surface area contributed by atoms with E-state index in [2.05, 4.69) is 19.7 Å². The number of nitrogens with one attached hydrogen (secondary N) is 1. The van der Waals surface area contributed by atoms with Crippen LogP contribution in [0.3, 0.4) is 0 Å². The van der Waals surface area contributed by atoms with Gasteiger partial charge in [-0.1, -0.05) is 18.2 Å². The Bertz CT molecular complexity index is 1330. The fourth-order valence-corrected chi connectivity index (χ4v) is 5.03. The monoisotopic (exact) mass is 489 g/mol. The van der Waals surface area contributed by atoms with E-state index in [9.17, 15) is 13.2 Å². The number of fused-ring (bicyclic) bond motifs is 2. The molecule has 4 unspecified atom stereocenters. The van der Waals surface area contributed by atoms with Crippen LogP contribution in [-0.4, -0.2) is 64.6 Å². The zero-order chi connectivity index (χ0) is 24.1. The quantitative estimate of drug-likeness (QED) is 0.507. The molecule has 2 saturated heterocycles. The standard InChI is InChI=1S/C21H23N5O7S/c1-12(27)30-10-15-16-17(33-21(2,3)32-16)19(31-15)26-11-23-14-9-22-20(24-18(14)26)25-34(28,29)13-7-5-4-6-8-13/h4-9,11,15-17,19H,10H2,1-3H3,(H,22,24,25). The number of esters is 1. The number of rotatable bonds is 6. The highest BCUT2D eigenvalue weighted by Gasteiger charge is 2.56. The molecule has 4 atom stereocenters. The van der Waals surface area contributed by atoms with Crippen LogP contribution in [0, 0.1) is 0 Å². The zero-order valence-electron chi connectivity index (χ0n) is 18.6. The average molecular weight is 490 g/mol. The topological polar surface area (TPSA) is 144 Å². The number of benzene rings is 1. The molecule has 1 aromatic carbocycles. The molecule has 13 heteroatoms. The lowest BCUT2D eigenvalue weighted by Crippen LogP contribution is -2.33. The molecular weight excluding hydrogens is 466 g/mol. The molecule has 0 radical (unpaired) electrons. The van der Waals surface area contributed by atoms with Gasteiger partial charge in [-0.3, -0.25) is 9.36 Å². The lowest BCUT2D eigenvalue weighted by Gasteiger charge is -2.24. The second-order valence-electron chi connectivity index (χ2n) is 8.41. The highest BCUT2D eigenvalue weighted by molar-refractivity contribution is 7.92. The van der Waals surface area contributed by atoms with Gasteiger partial charge in [-0.2, -0.15) is 4.98 Å². The number of ether oxygens (including phenoxy) is 4. The van der Waals surface area contributed by atoms with Gasteiger partial charge in [0.2, 0.25) is 5.95 Å². The molecule has 0 spiro atoms. The Hall–Kier alpha value is -3.13. The van der Waals surface area contributed by atoms with Crippen LogP contribution in [0.2, 0.25) is 0 Å². The number of nitrogens with zero attached hydrogens (tertiary/aromatic N) is 4. The van der Waals surface area contributed by atoms with Gasteiger partial charge in [-0.15, -0.1) is 0 Å². The maximum atomic E-state index is 12.7. The van der Waals surface area contributed by atoms with Crippen LogP contribution >= 0.6 is 0 Å². The summed E-state index contributed by atoms with van der Waals surface area (Å²) < 4.78 is 52.8. The van der Waals surface area contributed by atoms with Crippen LogP contribution in [0.15, 0.2) is 47.8 Å². The zero-order valence-corrected chi connectivity index (χ0v) is 19.4. The molecule has 0 bridgehead atoms. The highest BCUT2D eigenvalue weighted by atomic mass is 32.2. The first-order valence-electron chi connectivity index (χ1n) is 10.5. The van der Waals surface area contributed by atoms with E-state index in [1.54, 1.807) is 36.6 Å². The van der Waals surface area contributed by atoms with Crippen molar-refractivity contribution in [1.82, 2.24) is 19.5 Å². The van der Waals surface area contributed by atoms with Crippen molar-refractivity contribution in [3.8, 4) is 0 Å². The molecule has 5 rings (SSSR count). The molecule has 2 aliphatic heterocycles. The lowest BCUT2D eigenvalue weighted by atomic mass is 10.1. The second kappa shape index (κ2) is 8.27. The summed E-state index contributed by atoms with van der Waals surface area (Å²) in [5.41, 5.74) is 0.773. The maximum Gasteiger partial charge on any atom is 0.302 e. The van der Waals surface area contributed by atoms with Crippen molar-refractivity contribution in [2.45, 2.75) is 56.0 Å². The fourth-order valence-electron chi connectivity index (χ4n) is 4.06. The van der Waals surface area contributed by atoms with E-state index in [1.807, 2.05) is 0 Å². The third-order valence-electron chi connectivity index (χ3n) is 5.45. The molecule has 34 heavy (non-hydrogen) atoms. The molecule has 2 aliphatic rings. The van der Waals surface area contributed by atoms with Gasteiger partial charge in [0.05, 0.1) is 17.4 Å². The Balaban J connectivity index is 1.46. The predicted octanol–water partition coefficient (Wildman–Crippen LogP) is 1.61. The number of carbonyl (C=O) groups excluding carboxylic acids is 1. The Morgan fingerprint density at radius 2 is 1.91 bits per heavy atom. The van der Waals surface area contributed by atoms with Crippen molar-refractivity contribution < 1.29 is 32.2 Å². The van der Waals surface area contributed by atoms with Gasteiger partial charge in [-0.25, -0.2) is 23.1 Å². The smallest absolute Gasteiger partial charge is 0.302 e. The summed E-state index contributed by atoms with van der Waals surface area (Å²) in [4.78, 5) is 24.2. The Labute approximate surface area is 195 Å². The Kier molecular flexibility index (Phi) is 5.51. The minimum absolute atomic E-state index is 0.00379. The molecule has 0 amide bonds. The molecule has 3 aromatic rings. The van der Waals surface area contributed by atoms with Crippen LogP contribution in [0.25, 0.3) is 11.2 Å². The summed E-state index contributed by atoms with van der Waals surface area (Å²) in [5, 5.41) is 0. The number of sulfonamides is 1. The summed E-state index contributed by atoms with van der Waals surface area (Å²) >= 11 is 0. The van der Waals surface area contributed by atoms with Crippen molar-refractivity contribution in [3.63, 3.8) is 0 Å². The van der Waals surface area contributed by atoms with Gasteiger partial charge in [0.25, 0.3) is 10.0 Å². The van der Waals surface area contributed by atoms with Crippen LogP contribution in [-0.2, 0) is 33.8 Å². The molecule has 2 fully saturated rings. The molecule has 4 heterocycles. The van der Waals surface area contributed by atoms with Crippen LogP contribution in [0.4, 0.5) is 5.95 Å². The van der Waals surface area contributed by atoms with Crippen molar-refractivity contribution in [2.24, 2.45) is 0 Å². The number of aromatic nitrogens is 4. The van der Waals surface area contributed by atoms with Crippen LogP contribution in [0.1, 0.15) is 27.0 Å². The normalized spacial score (nSPS) is 25.9. The molecule has 12 nitrogen and oxygen atoms in total. The first kappa shape index (κ1) is 22.7.